The molecule has 0 saturated heterocycles. The van der Waals surface area contributed by atoms with E-state index in [4.69, 9.17) is 4.74 Å². The summed E-state index contributed by atoms with van der Waals surface area (Å²) in [5.74, 6) is 0.819. The number of hydrogen-bond donors (Lipinski definition) is 1. The summed E-state index contributed by atoms with van der Waals surface area (Å²) >= 11 is 3.36. The number of rotatable bonds is 5. The molecule has 0 saturated carbocycles. The van der Waals surface area contributed by atoms with Crippen molar-refractivity contribution in [3.63, 3.8) is 0 Å². The molecule has 22 heavy (non-hydrogen) atoms. The number of hydrogen-bond acceptors (Lipinski definition) is 2. The minimum absolute atomic E-state index is 0.0948. The van der Waals surface area contributed by atoms with Crippen molar-refractivity contribution in [2.75, 3.05) is 13.2 Å². The highest BCUT2D eigenvalue weighted by atomic mass is 79.9. The van der Waals surface area contributed by atoms with Crippen LogP contribution >= 0.6 is 15.9 Å². The molecule has 116 valence electrons. The van der Waals surface area contributed by atoms with Crippen LogP contribution < -0.4 is 10.1 Å². The van der Waals surface area contributed by atoms with Crippen LogP contribution in [-0.2, 0) is 0 Å². The van der Waals surface area contributed by atoms with Crippen molar-refractivity contribution in [1.82, 2.24) is 5.32 Å². The number of halogens is 1. The van der Waals surface area contributed by atoms with Gasteiger partial charge in [-0.15, -0.1) is 0 Å². The van der Waals surface area contributed by atoms with E-state index in [-0.39, 0.29) is 5.91 Å². The molecule has 4 heteroatoms. The van der Waals surface area contributed by atoms with Crippen molar-refractivity contribution in [2.24, 2.45) is 0 Å². The molecule has 0 fully saturated rings. The zero-order valence-corrected chi connectivity index (χ0v) is 14.7. The van der Waals surface area contributed by atoms with E-state index in [1.165, 1.54) is 5.56 Å². The van der Waals surface area contributed by atoms with Gasteiger partial charge in [0.2, 0.25) is 0 Å². The van der Waals surface area contributed by atoms with Crippen LogP contribution in [0.4, 0.5) is 0 Å². The Balaban J connectivity index is 1.88. The second kappa shape index (κ2) is 7.45. The summed E-state index contributed by atoms with van der Waals surface area (Å²) in [4.78, 5) is 12.0. The Hall–Kier alpha value is -1.81. The molecule has 0 heterocycles. The molecule has 0 aliphatic heterocycles. The van der Waals surface area contributed by atoms with Gasteiger partial charge >= 0.3 is 0 Å². The average Bonchev–Trinajstić information content (AvgIpc) is 2.50. The topological polar surface area (TPSA) is 38.3 Å². The van der Waals surface area contributed by atoms with Gasteiger partial charge in [-0.1, -0.05) is 34.1 Å². The van der Waals surface area contributed by atoms with E-state index >= 15 is 0 Å². The van der Waals surface area contributed by atoms with Gasteiger partial charge in [-0.3, -0.25) is 4.79 Å². The van der Waals surface area contributed by atoms with Gasteiger partial charge in [-0.2, -0.15) is 0 Å². The maximum Gasteiger partial charge on any atom is 0.251 e. The van der Waals surface area contributed by atoms with Gasteiger partial charge < -0.3 is 10.1 Å². The second-order valence-electron chi connectivity index (χ2n) is 5.27. The standard InChI is InChI=1S/C18H20BrNO2/c1-12-7-8-13(2)17(14(12)3)22-10-9-20-18(21)15-5-4-6-16(19)11-15/h4-8,11H,9-10H2,1-3H3,(H,20,21). The second-order valence-corrected chi connectivity index (χ2v) is 6.18. The number of ether oxygens (including phenoxy) is 1. The number of nitrogens with one attached hydrogen (secondary N) is 1. The molecule has 3 nitrogen and oxygen atoms in total. The molecule has 0 unspecified atom stereocenters. The number of aryl methyl sites for hydroxylation is 2. The first-order chi connectivity index (χ1) is 10.5. The molecule has 1 N–H and O–H groups in total. The van der Waals surface area contributed by atoms with Crippen LogP contribution in [0, 0.1) is 20.8 Å². The molecule has 0 aromatic heterocycles. The molecule has 0 aliphatic rings. The summed E-state index contributed by atoms with van der Waals surface area (Å²) in [5, 5.41) is 2.87. The van der Waals surface area contributed by atoms with Gasteiger partial charge in [0.15, 0.2) is 0 Å². The van der Waals surface area contributed by atoms with Crippen LogP contribution in [-0.4, -0.2) is 19.1 Å². The lowest BCUT2D eigenvalue weighted by atomic mass is 10.1. The van der Waals surface area contributed by atoms with E-state index in [1.54, 1.807) is 12.1 Å². The van der Waals surface area contributed by atoms with Gasteiger partial charge in [0.25, 0.3) is 5.91 Å². The lowest BCUT2D eigenvalue weighted by molar-refractivity contribution is 0.0947. The van der Waals surface area contributed by atoms with Crippen LogP contribution in [0.15, 0.2) is 40.9 Å². The normalized spacial score (nSPS) is 10.4. The van der Waals surface area contributed by atoms with Crippen LogP contribution in [0.3, 0.4) is 0 Å². The Bertz CT molecular complexity index is 683. The number of carbonyl (C=O) groups is 1. The quantitative estimate of drug-likeness (QED) is 0.811. The SMILES string of the molecule is Cc1ccc(C)c(OCCNC(=O)c2cccc(Br)c2)c1C. The molecule has 0 bridgehead atoms. The van der Waals surface area contributed by atoms with E-state index in [2.05, 4.69) is 47.2 Å². The highest BCUT2D eigenvalue weighted by Crippen LogP contribution is 2.25. The monoisotopic (exact) mass is 361 g/mol. The fourth-order valence-corrected chi connectivity index (χ4v) is 2.60. The molecule has 1 amide bonds. The van der Waals surface area contributed by atoms with Crippen molar-refractivity contribution in [1.29, 1.82) is 0 Å². The maximum absolute atomic E-state index is 12.0. The predicted molar refractivity (Wildman–Crippen MR) is 92.6 cm³/mol. The van der Waals surface area contributed by atoms with Gasteiger partial charge in [0.1, 0.15) is 12.4 Å². The zero-order valence-electron chi connectivity index (χ0n) is 13.1. The van der Waals surface area contributed by atoms with Crippen molar-refractivity contribution in [2.45, 2.75) is 20.8 Å². The number of carbonyl (C=O) groups excluding carboxylic acids is 1. The Morgan fingerprint density at radius 1 is 1.14 bits per heavy atom. The highest BCUT2D eigenvalue weighted by molar-refractivity contribution is 9.10. The largest absolute Gasteiger partial charge is 0.491 e. The fraction of sp³-hybridized carbons (Fsp3) is 0.278. The van der Waals surface area contributed by atoms with Gasteiger partial charge in [-0.05, 0) is 55.7 Å². The summed E-state index contributed by atoms with van der Waals surface area (Å²) in [7, 11) is 0. The molecule has 0 atom stereocenters. The minimum Gasteiger partial charge on any atom is -0.491 e. The first kappa shape index (κ1) is 16.6. The molecule has 2 rings (SSSR count). The van der Waals surface area contributed by atoms with Crippen molar-refractivity contribution in [3.05, 3.63) is 63.1 Å². The lowest BCUT2D eigenvalue weighted by Gasteiger charge is -2.14. The first-order valence-corrected chi connectivity index (χ1v) is 8.01. The van der Waals surface area contributed by atoms with Crippen LogP contribution in [0.1, 0.15) is 27.0 Å². The highest BCUT2D eigenvalue weighted by Gasteiger charge is 2.08. The molecular weight excluding hydrogens is 342 g/mol. The predicted octanol–water partition coefficient (Wildman–Crippen LogP) is 4.18. The third-order valence-corrected chi connectivity index (χ3v) is 4.09. The molecule has 0 aliphatic carbocycles. The van der Waals surface area contributed by atoms with Crippen molar-refractivity contribution >= 4 is 21.8 Å². The van der Waals surface area contributed by atoms with E-state index in [0.29, 0.717) is 18.7 Å². The summed E-state index contributed by atoms with van der Waals surface area (Å²) in [5.41, 5.74) is 4.11. The lowest BCUT2D eigenvalue weighted by Crippen LogP contribution is -2.28. The maximum atomic E-state index is 12.0. The fourth-order valence-electron chi connectivity index (χ4n) is 2.20. The zero-order chi connectivity index (χ0) is 16.1. The van der Waals surface area contributed by atoms with E-state index in [9.17, 15) is 4.79 Å². The number of benzene rings is 2. The first-order valence-electron chi connectivity index (χ1n) is 7.22. The van der Waals surface area contributed by atoms with Gasteiger partial charge in [0.05, 0.1) is 6.54 Å². The molecule has 2 aromatic rings. The van der Waals surface area contributed by atoms with Crippen molar-refractivity contribution in [3.8, 4) is 5.75 Å². The molecule has 0 radical (unpaired) electrons. The Kier molecular flexibility index (Phi) is 5.61. The smallest absolute Gasteiger partial charge is 0.251 e. The van der Waals surface area contributed by atoms with E-state index in [1.807, 2.05) is 19.1 Å². The molecule has 2 aromatic carbocycles. The Morgan fingerprint density at radius 2 is 1.86 bits per heavy atom. The third kappa shape index (κ3) is 4.10. The average molecular weight is 362 g/mol. The van der Waals surface area contributed by atoms with E-state index in [0.717, 1.165) is 21.3 Å². The minimum atomic E-state index is -0.0948. The van der Waals surface area contributed by atoms with E-state index < -0.39 is 0 Å². The van der Waals surface area contributed by atoms with Crippen LogP contribution in [0.5, 0.6) is 5.75 Å². The number of amides is 1. The Morgan fingerprint density at radius 3 is 2.59 bits per heavy atom. The molecule has 0 spiro atoms. The van der Waals surface area contributed by atoms with Gasteiger partial charge in [-0.25, -0.2) is 0 Å². The summed E-state index contributed by atoms with van der Waals surface area (Å²) in [6.07, 6.45) is 0. The van der Waals surface area contributed by atoms with Crippen LogP contribution in [0.2, 0.25) is 0 Å². The third-order valence-electron chi connectivity index (χ3n) is 3.59. The van der Waals surface area contributed by atoms with Crippen LogP contribution in [0.25, 0.3) is 0 Å². The van der Waals surface area contributed by atoms with Gasteiger partial charge in [0, 0.05) is 10.0 Å². The summed E-state index contributed by atoms with van der Waals surface area (Å²) < 4.78 is 6.73. The Labute approximate surface area is 139 Å². The molecular formula is C18H20BrNO2. The summed E-state index contributed by atoms with van der Waals surface area (Å²) in [6.45, 7) is 7.07. The van der Waals surface area contributed by atoms with Crippen molar-refractivity contribution < 1.29 is 9.53 Å². The summed E-state index contributed by atoms with van der Waals surface area (Å²) in [6, 6.07) is 11.5.